The van der Waals surface area contributed by atoms with Gasteiger partial charge in [0.05, 0.1) is 24.1 Å². The van der Waals surface area contributed by atoms with Gasteiger partial charge in [-0.15, -0.1) is 0 Å². The summed E-state index contributed by atoms with van der Waals surface area (Å²) >= 11 is 0. The zero-order chi connectivity index (χ0) is 10.8. The molecule has 0 radical (unpaired) electrons. The van der Waals surface area contributed by atoms with Crippen LogP contribution in [0.1, 0.15) is 0 Å². The molecule has 2 heterocycles. The van der Waals surface area contributed by atoms with Crippen LogP contribution in [0.25, 0.3) is 0 Å². The highest BCUT2D eigenvalue weighted by Crippen LogP contribution is 2.28. The normalized spacial score (nSPS) is 21.9. The SMILES string of the molecule is C1=CC=C2C=CN(c3cncnc3)C2C=C1. The van der Waals surface area contributed by atoms with Gasteiger partial charge in [-0.05, 0) is 11.6 Å². The Morgan fingerprint density at radius 2 is 1.94 bits per heavy atom. The third-order valence-electron chi connectivity index (χ3n) is 2.72. The van der Waals surface area contributed by atoms with Crippen molar-refractivity contribution < 1.29 is 0 Å². The van der Waals surface area contributed by atoms with E-state index in [2.05, 4.69) is 51.4 Å². The van der Waals surface area contributed by atoms with E-state index in [4.69, 9.17) is 0 Å². The molecule has 1 unspecified atom stereocenters. The molecule has 0 bridgehead atoms. The highest BCUT2D eigenvalue weighted by atomic mass is 15.2. The van der Waals surface area contributed by atoms with Gasteiger partial charge < -0.3 is 4.90 Å². The van der Waals surface area contributed by atoms with Crippen molar-refractivity contribution in [3.63, 3.8) is 0 Å². The first-order chi connectivity index (χ1) is 7.95. The lowest BCUT2D eigenvalue weighted by Gasteiger charge is -2.22. The van der Waals surface area contributed by atoms with Gasteiger partial charge in [0.15, 0.2) is 0 Å². The van der Waals surface area contributed by atoms with Crippen molar-refractivity contribution in [2.24, 2.45) is 0 Å². The van der Waals surface area contributed by atoms with E-state index >= 15 is 0 Å². The van der Waals surface area contributed by atoms with Crippen LogP contribution >= 0.6 is 0 Å². The number of allylic oxidation sites excluding steroid dienone is 4. The summed E-state index contributed by atoms with van der Waals surface area (Å²) in [6, 6.07) is 0.265. The lowest BCUT2D eigenvalue weighted by molar-refractivity contribution is 0.929. The lowest BCUT2D eigenvalue weighted by atomic mass is 10.1. The van der Waals surface area contributed by atoms with E-state index < -0.39 is 0 Å². The third-order valence-corrected chi connectivity index (χ3v) is 2.72. The Morgan fingerprint density at radius 3 is 2.81 bits per heavy atom. The maximum Gasteiger partial charge on any atom is 0.115 e. The van der Waals surface area contributed by atoms with Gasteiger partial charge in [0, 0.05) is 6.20 Å². The zero-order valence-electron chi connectivity index (χ0n) is 8.69. The van der Waals surface area contributed by atoms with E-state index in [0.717, 1.165) is 5.69 Å². The molecule has 1 atom stereocenters. The second-order valence-electron chi connectivity index (χ2n) is 3.70. The molecule has 0 aromatic carbocycles. The molecular weight excluding hydrogens is 198 g/mol. The van der Waals surface area contributed by atoms with Crippen LogP contribution in [0.3, 0.4) is 0 Å². The summed E-state index contributed by atoms with van der Waals surface area (Å²) in [6.45, 7) is 0. The van der Waals surface area contributed by atoms with E-state index in [-0.39, 0.29) is 6.04 Å². The molecule has 0 saturated carbocycles. The number of fused-ring (bicyclic) bond motifs is 1. The molecule has 3 rings (SSSR count). The summed E-state index contributed by atoms with van der Waals surface area (Å²) in [5.74, 6) is 0. The Labute approximate surface area is 94.1 Å². The topological polar surface area (TPSA) is 29.0 Å². The number of rotatable bonds is 1. The fourth-order valence-corrected chi connectivity index (χ4v) is 1.95. The van der Waals surface area contributed by atoms with Crippen LogP contribution in [0.5, 0.6) is 0 Å². The van der Waals surface area contributed by atoms with Crippen LogP contribution in [0.4, 0.5) is 5.69 Å². The van der Waals surface area contributed by atoms with E-state index in [9.17, 15) is 0 Å². The molecule has 16 heavy (non-hydrogen) atoms. The number of nitrogens with zero attached hydrogens (tertiary/aromatic N) is 3. The minimum absolute atomic E-state index is 0.265. The smallest absolute Gasteiger partial charge is 0.115 e. The molecule has 0 fully saturated rings. The van der Waals surface area contributed by atoms with Crippen LogP contribution in [-0.4, -0.2) is 16.0 Å². The average molecular weight is 209 g/mol. The van der Waals surface area contributed by atoms with Gasteiger partial charge in [-0.2, -0.15) is 0 Å². The van der Waals surface area contributed by atoms with Gasteiger partial charge in [-0.25, -0.2) is 9.97 Å². The van der Waals surface area contributed by atoms with E-state index in [1.165, 1.54) is 5.57 Å². The van der Waals surface area contributed by atoms with E-state index in [1.54, 1.807) is 6.33 Å². The van der Waals surface area contributed by atoms with Crippen LogP contribution in [-0.2, 0) is 0 Å². The Hall–Kier alpha value is -2.16. The molecular formula is C13H11N3. The summed E-state index contributed by atoms with van der Waals surface area (Å²) in [5, 5.41) is 0. The molecule has 0 N–H and O–H groups in total. The van der Waals surface area contributed by atoms with Crippen LogP contribution in [0, 0.1) is 0 Å². The van der Waals surface area contributed by atoms with Crippen molar-refractivity contribution in [1.82, 2.24) is 9.97 Å². The average Bonchev–Trinajstić information content (AvgIpc) is 2.60. The fraction of sp³-hybridized carbons (Fsp3) is 0.0769. The quantitative estimate of drug-likeness (QED) is 0.710. The minimum atomic E-state index is 0.265. The molecule has 0 spiro atoms. The predicted molar refractivity (Wildman–Crippen MR) is 63.8 cm³/mol. The van der Waals surface area contributed by atoms with Crippen molar-refractivity contribution in [3.8, 4) is 0 Å². The summed E-state index contributed by atoms with van der Waals surface area (Å²) in [7, 11) is 0. The van der Waals surface area contributed by atoms with Crippen molar-refractivity contribution in [3.05, 3.63) is 67.0 Å². The molecule has 3 nitrogen and oxygen atoms in total. The number of aromatic nitrogens is 2. The molecule has 1 aliphatic heterocycles. The van der Waals surface area contributed by atoms with Gasteiger partial charge in [0.25, 0.3) is 0 Å². The largest absolute Gasteiger partial charge is 0.334 e. The van der Waals surface area contributed by atoms with E-state index in [1.807, 2.05) is 18.5 Å². The number of hydrogen-bond acceptors (Lipinski definition) is 3. The molecule has 1 aliphatic carbocycles. The monoisotopic (exact) mass is 209 g/mol. The Bertz CT molecular complexity index is 497. The number of anilines is 1. The standard InChI is InChI=1S/C13H11N3/c1-2-4-11-6-7-16(13(11)5-3-1)12-8-14-10-15-9-12/h1-10,13H. The van der Waals surface area contributed by atoms with Crippen molar-refractivity contribution >= 4 is 5.69 Å². The van der Waals surface area contributed by atoms with Crippen LogP contribution in [0.15, 0.2) is 67.0 Å². The van der Waals surface area contributed by atoms with Crippen LogP contribution < -0.4 is 4.90 Å². The molecule has 2 aliphatic rings. The third kappa shape index (κ3) is 1.46. The highest BCUT2D eigenvalue weighted by Gasteiger charge is 2.22. The van der Waals surface area contributed by atoms with Gasteiger partial charge in [0.1, 0.15) is 6.33 Å². The Kier molecular flexibility index (Phi) is 2.14. The Morgan fingerprint density at radius 1 is 1.06 bits per heavy atom. The van der Waals surface area contributed by atoms with Crippen molar-refractivity contribution in [2.45, 2.75) is 6.04 Å². The van der Waals surface area contributed by atoms with Crippen LogP contribution in [0.2, 0.25) is 0 Å². The molecule has 0 amide bonds. The Balaban J connectivity index is 1.98. The highest BCUT2D eigenvalue weighted by molar-refractivity contribution is 5.58. The summed E-state index contributed by atoms with van der Waals surface area (Å²) < 4.78 is 0. The first kappa shape index (κ1) is 9.09. The van der Waals surface area contributed by atoms with Crippen molar-refractivity contribution in [1.29, 1.82) is 0 Å². The second kappa shape index (κ2) is 3.77. The van der Waals surface area contributed by atoms with E-state index in [0.29, 0.717) is 0 Å². The zero-order valence-corrected chi connectivity index (χ0v) is 8.69. The minimum Gasteiger partial charge on any atom is -0.334 e. The maximum atomic E-state index is 4.04. The first-order valence-corrected chi connectivity index (χ1v) is 5.22. The summed E-state index contributed by atoms with van der Waals surface area (Å²) in [4.78, 5) is 10.3. The first-order valence-electron chi connectivity index (χ1n) is 5.22. The lowest BCUT2D eigenvalue weighted by Crippen LogP contribution is -2.25. The summed E-state index contributed by atoms with van der Waals surface area (Å²) in [5.41, 5.74) is 2.30. The molecule has 3 heteroatoms. The predicted octanol–water partition coefficient (Wildman–Crippen LogP) is 2.23. The van der Waals surface area contributed by atoms with Gasteiger partial charge in [-0.1, -0.05) is 30.4 Å². The van der Waals surface area contributed by atoms with Gasteiger partial charge >= 0.3 is 0 Å². The maximum absolute atomic E-state index is 4.04. The van der Waals surface area contributed by atoms with Gasteiger partial charge in [-0.3, -0.25) is 0 Å². The second-order valence-corrected chi connectivity index (χ2v) is 3.70. The fourth-order valence-electron chi connectivity index (χ4n) is 1.95. The number of hydrogen-bond donors (Lipinski definition) is 0. The molecule has 1 aromatic heterocycles. The summed E-state index contributed by atoms with van der Waals surface area (Å²) in [6.07, 6.45) is 19.9. The molecule has 78 valence electrons. The molecule has 0 saturated heterocycles. The van der Waals surface area contributed by atoms with Gasteiger partial charge in [0.2, 0.25) is 0 Å². The van der Waals surface area contributed by atoms with Crippen molar-refractivity contribution in [2.75, 3.05) is 4.90 Å². The molecule has 1 aromatic rings.